The first-order valence-electron chi connectivity index (χ1n) is 6.40. The highest BCUT2D eigenvalue weighted by Gasteiger charge is 2.36. The Morgan fingerprint density at radius 1 is 1.55 bits per heavy atom. The molecule has 1 atom stereocenters. The fourth-order valence-electron chi connectivity index (χ4n) is 1.84. The summed E-state index contributed by atoms with van der Waals surface area (Å²) >= 11 is 0. The van der Waals surface area contributed by atoms with Crippen molar-refractivity contribution >= 4 is 21.9 Å². The van der Waals surface area contributed by atoms with Crippen molar-refractivity contribution in [2.24, 2.45) is 0 Å². The molecular formula is C12H17N3O4S. The first kappa shape index (κ1) is 14.7. The lowest BCUT2D eigenvalue weighted by Gasteiger charge is -2.12. The largest absolute Gasteiger partial charge is 0.469 e. The van der Waals surface area contributed by atoms with Gasteiger partial charge in [0.2, 0.25) is 16.0 Å². The van der Waals surface area contributed by atoms with Crippen molar-refractivity contribution in [1.82, 2.24) is 9.97 Å². The summed E-state index contributed by atoms with van der Waals surface area (Å²) in [6.45, 7) is 1.83. The highest BCUT2D eigenvalue weighted by atomic mass is 32.2. The molecule has 8 heteroatoms. The molecule has 1 heterocycles. The van der Waals surface area contributed by atoms with E-state index in [0.29, 0.717) is 25.0 Å². The van der Waals surface area contributed by atoms with Gasteiger partial charge < -0.3 is 4.74 Å². The van der Waals surface area contributed by atoms with E-state index in [1.54, 1.807) is 6.07 Å². The molecule has 2 rings (SSSR count). The molecule has 0 aromatic carbocycles. The Bertz CT molecular complexity index is 598. The summed E-state index contributed by atoms with van der Waals surface area (Å²) in [4.78, 5) is 19.6. The predicted octanol–water partition coefficient (Wildman–Crippen LogP) is 1.05. The Morgan fingerprint density at radius 3 is 2.80 bits per heavy atom. The number of ether oxygens (including phenoxy) is 1. The van der Waals surface area contributed by atoms with Crippen molar-refractivity contribution in [3.05, 3.63) is 18.0 Å². The molecule has 1 aromatic rings. The number of carbonyl (C=O) groups excluding carboxylic acids is 1. The molecule has 0 aliphatic heterocycles. The van der Waals surface area contributed by atoms with Gasteiger partial charge in [-0.25, -0.2) is 18.4 Å². The van der Waals surface area contributed by atoms with Crippen LogP contribution in [-0.2, 0) is 19.6 Å². The second kappa shape index (κ2) is 5.74. The van der Waals surface area contributed by atoms with Crippen LogP contribution in [-0.4, -0.2) is 36.7 Å². The minimum absolute atomic E-state index is 0.00301. The maximum Gasteiger partial charge on any atom is 0.314 e. The van der Waals surface area contributed by atoms with E-state index >= 15 is 0 Å². The Balaban J connectivity index is 2.21. The van der Waals surface area contributed by atoms with Crippen LogP contribution in [0.1, 0.15) is 37.8 Å². The van der Waals surface area contributed by atoms with Crippen molar-refractivity contribution in [3.63, 3.8) is 0 Å². The zero-order chi connectivity index (χ0) is 14.8. The van der Waals surface area contributed by atoms with Gasteiger partial charge in [0.25, 0.3) is 0 Å². The standard InChI is InChI=1S/C12H17N3O4S/c1-3-9(11(16)19-2)10-6-7-13-12(14-10)15-20(17,18)8-4-5-8/h6-9H,3-5H2,1-2H3,(H,13,14,15). The molecule has 0 radical (unpaired) electrons. The van der Waals surface area contributed by atoms with Crippen LogP contribution in [0, 0.1) is 0 Å². The van der Waals surface area contributed by atoms with Gasteiger partial charge in [0, 0.05) is 6.20 Å². The number of sulfonamides is 1. The topological polar surface area (TPSA) is 98.2 Å². The maximum absolute atomic E-state index is 11.8. The van der Waals surface area contributed by atoms with Gasteiger partial charge in [-0.1, -0.05) is 6.92 Å². The van der Waals surface area contributed by atoms with Crippen LogP contribution in [0.4, 0.5) is 5.95 Å². The zero-order valence-electron chi connectivity index (χ0n) is 11.4. The number of methoxy groups -OCH3 is 1. The van der Waals surface area contributed by atoms with Crippen LogP contribution in [0.5, 0.6) is 0 Å². The van der Waals surface area contributed by atoms with Crippen LogP contribution in [0.15, 0.2) is 12.3 Å². The minimum Gasteiger partial charge on any atom is -0.469 e. The average molecular weight is 299 g/mol. The Kier molecular flexibility index (Phi) is 4.22. The third kappa shape index (κ3) is 3.24. The first-order chi connectivity index (χ1) is 9.47. The van der Waals surface area contributed by atoms with Gasteiger partial charge in [-0.2, -0.15) is 0 Å². The SMILES string of the molecule is CCC(C(=O)OC)c1ccnc(NS(=O)(=O)C2CC2)n1. The zero-order valence-corrected chi connectivity index (χ0v) is 12.2. The lowest BCUT2D eigenvalue weighted by molar-refractivity contribution is -0.142. The Morgan fingerprint density at radius 2 is 2.25 bits per heavy atom. The molecule has 0 saturated heterocycles. The number of nitrogens with zero attached hydrogens (tertiary/aromatic N) is 2. The van der Waals surface area contributed by atoms with Crippen LogP contribution in [0.25, 0.3) is 0 Å². The van der Waals surface area contributed by atoms with Crippen molar-refractivity contribution < 1.29 is 17.9 Å². The van der Waals surface area contributed by atoms with Gasteiger partial charge in [0.15, 0.2) is 0 Å². The predicted molar refractivity (Wildman–Crippen MR) is 72.6 cm³/mol. The number of esters is 1. The fraction of sp³-hybridized carbons (Fsp3) is 0.583. The van der Waals surface area contributed by atoms with Gasteiger partial charge in [0.1, 0.15) is 0 Å². The van der Waals surface area contributed by atoms with Gasteiger partial charge in [0.05, 0.1) is 24.0 Å². The molecule has 1 aliphatic rings. The number of rotatable bonds is 6. The van der Waals surface area contributed by atoms with Crippen molar-refractivity contribution in [3.8, 4) is 0 Å². The lowest BCUT2D eigenvalue weighted by atomic mass is 10.0. The van der Waals surface area contributed by atoms with Crippen LogP contribution in [0.2, 0.25) is 0 Å². The molecule has 7 nitrogen and oxygen atoms in total. The van der Waals surface area contributed by atoms with E-state index in [4.69, 9.17) is 4.74 Å². The molecule has 0 spiro atoms. The molecule has 1 aromatic heterocycles. The van der Waals surface area contributed by atoms with Crippen molar-refractivity contribution in [2.45, 2.75) is 37.4 Å². The average Bonchev–Trinajstić information content (AvgIpc) is 3.24. The van der Waals surface area contributed by atoms with E-state index in [9.17, 15) is 13.2 Å². The minimum atomic E-state index is -3.41. The molecule has 20 heavy (non-hydrogen) atoms. The molecular weight excluding hydrogens is 282 g/mol. The quantitative estimate of drug-likeness (QED) is 0.788. The summed E-state index contributed by atoms with van der Waals surface area (Å²) in [5.41, 5.74) is 0.447. The third-order valence-electron chi connectivity index (χ3n) is 3.12. The van der Waals surface area contributed by atoms with E-state index in [1.807, 2.05) is 6.92 Å². The summed E-state index contributed by atoms with van der Waals surface area (Å²) in [5, 5.41) is -0.350. The van der Waals surface area contributed by atoms with Crippen molar-refractivity contribution in [1.29, 1.82) is 0 Å². The molecule has 110 valence electrons. The van der Waals surface area contributed by atoms with Gasteiger partial charge in [-0.15, -0.1) is 0 Å². The van der Waals surface area contributed by atoms with E-state index in [0.717, 1.165) is 0 Å². The summed E-state index contributed by atoms with van der Waals surface area (Å²) in [7, 11) is -2.10. The second-order valence-electron chi connectivity index (χ2n) is 4.64. The van der Waals surface area contributed by atoms with Gasteiger partial charge in [-0.3, -0.25) is 9.52 Å². The van der Waals surface area contributed by atoms with Gasteiger partial charge in [-0.05, 0) is 25.3 Å². The van der Waals surface area contributed by atoms with E-state index < -0.39 is 21.9 Å². The highest BCUT2D eigenvalue weighted by molar-refractivity contribution is 7.93. The molecule has 1 saturated carbocycles. The van der Waals surface area contributed by atoms with E-state index in [-0.39, 0.29) is 11.2 Å². The number of anilines is 1. The number of carbonyl (C=O) groups is 1. The molecule has 1 N–H and O–H groups in total. The van der Waals surface area contributed by atoms with Crippen LogP contribution >= 0.6 is 0 Å². The highest BCUT2D eigenvalue weighted by Crippen LogP contribution is 2.29. The molecule has 1 fully saturated rings. The number of nitrogens with one attached hydrogen (secondary N) is 1. The first-order valence-corrected chi connectivity index (χ1v) is 7.95. The third-order valence-corrected chi connectivity index (χ3v) is 4.94. The summed E-state index contributed by atoms with van der Waals surface area (Å²) in [6, 6.07) is 1.58. The maximum atomic E-state index is 11.8. The lowest BCUT2D eigenvalue weighted by Crippen LogP contribution is -2.20. The van der Waals surface area contributed by atoms with Gasteiger partial charge >= 0.3 is 5.97 Å². The van der Waals surface area contributed by atoms with Crippen molar-refractivity contribution in [2.75, 3.05) is 11.8 Å². The smallest absolute Gasteiger partial charge is 0.314 e. The summed E-state index contributed by atoms with van der Waals surface area (Å²) in [5.74, 6) is -0.925. The van der Waals surface area contributed by atoms with Crippen LogP contribution < -0.4 is 4.72 Å². The Hall–Kier alpha value is -1.70. The molecule has 0 bridgehead atoms. The number of hydrogen-bond acceptors (Lipinski definition) is 6. The summed E-state index contributed by atoms with van der Waals surface area (Å²) < 4.78 is 30.7. The fourth-order valence-corrected chi connectivity index (χ4v) is 3.12. The normalized spacial score (nSPS) is 16.5. The monoisotopic (exact) mass is 299 g/mol. The molecule has 0 amide bonds. The number of aromatic nitrogens is 2. The molecule has 1 aliphatic carbocycles. The summed E-state index contributed by atoms with van der Waals surface area (Å²) in [6.07, 6.45) is 3.26. The Labute approximate surface area is 117 Å². The second-order valence-corrected chi connectivity index (χ2v) is 6.60. The molecule has 1 unspecified atom stereocenters. The number of hydrogen-bond donors (Lipinski definition) is 1. The van der Waals surface area contributed by atoms with Crippen LogP contribution in [0.3, 0.4) is 0 Å². The van der Waals surface area contributed by atoms with E-state index in [2.05, 4.69) is 14.7 Å². The van der Waals surface area contributed by atoms with E-state index in [1.165, 1.54) is 13.3 Å².